The van der Waals surface area contributed by atoms with Crippen molar-refractivity contribution in [3.8, 4) is 0 Å². The Bertz CT molecular complexity index is 248. The van der Waals surface area contributed by atoms with Crippen molar-refractivity contribution in [3.63, 3.8) is 0 Å². The molecule has 0 bridgehead atoms. The van der Waals surface area contributed by atoms with E-state index in [1.54, 1.807) is 0 Å². The predicted molar refractivity (Wildman–Crippen MR) is 70.9 cm³/mol. The van der Waals surface area contributed by atoms with E-state index in [2.05, 4.69) is 46.9 Å². The van der Waals surface area contributed by atoms with Crippen LogP contribution in [0.2, 0.25) is 0 Å². The van der Waals surface area contributed by atoms with Crippen LogP contribution < -0.4 is 5.32 Å². The number of rotatable bonds is 4. The highest BCUT2D eigenvalue weighted by atomic mass is 32.2. The lowest BCUT2D eigenvalue weighted by atomic mass is 10.0. The lowest BCUT2D eigenvalue weighted by molar-refractivity contribution is 0.334. The third-order valence-electron chi connectivity index (χ3n) is 3.09. The molecule has 1 aliphatic heterocycles. The van der Waals surface area contributed by atoms with Gasteiger partial charge in [-0.15, -0.1) is 11.8 Å². The van der Waals surface area contributed by atoms with Crippen molar-refractivity contribution in [2.75, 3.05) is 0 Å². The zero-order chi connectivity index (χ0) is 11.6. The van der Waals surface area contributed by atoms with E-state index in [-0.39, 0.29) is 5.54 Å². The fourth-order valence-corrected chi connectivity index (χ4v) is 3.03. The Labute approximate surface area is 98.3 Å². The first-order chi connectivity index (χ1) is 6.86. The van der Waals surface area contributed by atoms with E-state index in [1.165, 1.54) is 12.1 Å². The maximum atomic E-state index is 4.75. The van der Waals surface area contributed by atoms with Crippen molar-refractivity contribution in [1.29, 1.82) is 0 Å². The molecule has 3 unspecified atom stereocenters. The molecule has 1 N–H and O–H groups in total. The fourth-order valence-electron chi connectivity index (χ4n) is 1.75. The maximum Gasteiger partial charge on any atom is 0.113 e. The lowest BCUT2D eigenvalue weighted by Gasteiger charge is -2.33. The molecule has 0 saturated heterocycles. The summed E-state index contributed by atoms with van der Waals surface area (Å²) in [5, 5.41) is 4.60. The van der Waals surface area contributed by atoms with Crippen LogP contribution >= 0.6 is 11.8 Å². The van der Waals surface area contributed by atoms with Crippen LogP contribution in [0.15, 0.2) is 4.99 Å². The number of aliphatic imine (C=N–C) groups is 1. The second kappa shape index (κ2) is 4.88. The molecule has 88 valence electrons. The first-order valence-electron chi connectivity index (χ1n) is 5.84. The summed E-state index contributed by atoms with van der Waals surface area (Å²) in [6, 6.07) is 0.562. The van der Waals surface area contributed by atoms with Gasteiger partial charge in [-0.25, -0.2) is 0 Å². The Morgan fingerprint density at radius 2 is 2.13 bits per heavy atom. The molecule has 2 nitrogen and oxygen atoms in total. The molecule has 1 heterocycles. The van der Waals surface area contributed by atoms with Gasteiger partial charge in [0.2, 0.25) is 0 Å². The minimum absolute atomic E-state index is 0.0894. The van der Waals surface area contributed by atoms with Crippen LogP contribution in [0.1, 0.15) is 48.0 Å². The summed E-state index contributed by atoms with van der Waals surface area (Å²) in [6.45, 7) is 13.3. The van der Waals surface area contributed by atoms with Crippen molar-refractivity contribution in [2.45, 2.75) is 70.2 Å². The average molecular weight is 228 g/mol. The average Bonchev–Trinajstić information content (AvgIpc) is 2.47. The van der Waals surface area contributed by atoms with Crippen LogP contribution in [-0.4, -0.2) is 27.9 Å². The zero-order valence-corrected chi connectivity index (χ0v) is 11.6. The van der Waals surface area contributed by atoms with Gasteiger partial charge in [0.15, 0.2) is 0 Å². The molecule has 3 atom stereocenters. The Kier molecular flexibility index (Phi) is 4.24. The summed E-state index contributed by atoms with van der Waals surface area (Å²) in [5.74, 6) is 0. The second-order valence-electron chi connectivity index (χ2n) is 5.08. The summed E-state index contributed by atoms with van der Waals surface area (Å²) < 4.78 is 0. The van der Waals surface area contributed by atoms with Crippen LogP contribution in [0.3, 0.4) is 0 Å². The van der Waals surface area contributed by atoms with Crippen LogP contribution in [0.5, 0.6) is 0 Å². The van der Waals surface area contributed by atoms with E-state index in [9.17, 15) is 0 Å². The minimum atomic E-state index is 0.0894. The van der Waals surface area contributed by atoms with Crippen molar-refractivity contribution < 1.29 is 0 Å². The second-order valence-corrected chi connectivity index (χ2v) is 6.50. The zero-order valence-electron chi connectivity index (χ0n) is 10.8. The number of hydrogen-bond donors (Lipinski definition) is 1. The molecule has 0 aromatic rings. The number of thioether (sulfide) groups is 1. The van der Waals surface area contributed by atoms with Gasteiger partial charge < -0.3 is 5.32 Å². The van der Waals surface area contributed by atoms with E-state index in [0.717, 1.165) is 0 Å². The SMILES string of the molecule is CCC(C)NC(C)(C)C1N=C(C)C(C)S1. The quantitative estimate of drug-likeness (QED) is 0.799. The third-order valence-corrected chi connectivity index (χ3v) is 4.79. The highest BCUT2D eigenvalue weighted by molar-refractivity contribution is 8.01. The lowest BCUT2D eigenvalue weighted by Crippen LogP contribution is -2.50. The van der Waals surface area contributed by atoms with E-state index >= 15 is 0 Å². The molecule has 0 spiro atoms. The fraction of sp³-hybridized carbons (Fsp3) is 0.917. The van der Waals surface area contributed by atoms with Gasteiger partial charge in [0.1, 0.15) is 5.37 Å². The van der Waals surface area contributed by atoms with E-state index in [1.807, 2.05) is 11.8 Å². The Morgan fingerprint density at radius 1 is 1.53 bits per heavy atom. The normalized spacial score (nSPS) is 29.1. The molecule has 0 amide bonds. The van der Waals surface area contributed by atoms with Gasteiger partial charge in [0.25, 0.3) is 0 Å². The van der Waals surface area contributed by atoms with E-state index in [0.29, 0.717) is 16.7 Å². The predicted octanol–water partition coefficient (Wildman–Crippen LogP) is 3.08. The molecule has 0 saturated carbocycles. The van der Waals surface area contributed by atoms with Crippen LogP contribution in [-0.2, 0) is 0 Å². The van der Waals surface area contributed by atoms with Crippen LogP contribution in [0.4, 0.5) is 0 Å². The van der Waals surface area contributed by atoms with Crippen molar-refractivity contribution in [3.05, 3.63) is 0 Å². The van der Waals surface area contributed by atoms with Gasteiger partial charge >= 0.3 is 0 Å². The first kappa shape index (κ1) is 13.0. The molecule has 1 rings (SSSR count). The number of hydrogen-bond acceptors (Lipinski definition) is 3. The van der Waals surface area contributed by atoms with Gasteiger partial charge in [0.05, 0.1) is 0 Å². The molecule has 0 radical (unpaired) electrons. The van der Waals surface area contributed by atoms with Gasteiger partial charge in [-0.1, -0.05) is 6.92 Å². The van der Waals surface area contributed by atoms with Crippen LogP contribution in [0.25, 0.3) is 0 Å². The van der Waals surface area contributed by atoms with E-state index < -0.39 is 0 Å². The molecule has 0 aromatic heterocycles. The summed E-state index contributed by atoms with van der Waals surface area (Å²) in [5.41, 5.74) is 1.37. The van der Waals surface area contributed by atoms with E-state index in [4.69, 9.17) is 4.99 Å². The summed E-state index contributed by atoms with van der Waals surface area (Å²) in [4.78, 5) is 4.75. The van der Waals surface area contributed by atoms with Gasteiger partial charge in [-0.3, -0.25) is 4.99 Å². The molecule has 0 aromatic carbocycles. The van der Waals surface area contributed by atoms with Gasteiger partial charge in [-0.05, 0) is 41.0 Å². The standard InChI is InChI=1S/C12H24N2S/c1-7-8(2)14-12(5,6)11-13-9(3)10(4)15-11/h8,10-11,14H,7H2,1-6H3. The summed E-state index contributed by atoms with van der Waals surface area (Å²) >= 11 is 1.97. The van der Waals surface area contributed by atoms with Crippen molar-refractivity contribution in [2.24, 2.45) is 4.99 Å². The van der Waals surface area contributed by atoms with Crippen LogP contribution in [0, 0.1) is 0 Å². The first-order valence-corrected chi connectivity index (χ1v) is 6.78. The van der Waals surface area contributed by atoms with Crippen molar-refractivity contribution >= 4 is 17.5 Å². The van der Waals surface area contributed by atoms with Gasteiger partial charge in [0, 0.05) is 22.5 Å². The Hall–Kier alpha value is -0.0200. The Morgan fingerprint density at radius 3 is 2.53 bits per heavy atom. The largest absolute Gasteiger partial charge is 0.306 e. The van der Waals surface area contributed by atoms with Gasteiger partial charge in [-0.2, -0.15) is 0 Å². The minimum Gasteiger partial charge on any atom is -0.306 e. The highest BCUT2D eigenvalue weighted by Crippen LogP contribution is 2.34. The molecule has 15 heavy (non-hydrogen) atoms. The smallest absolute Gasteiger partial charge is 0.113 e. The summed E-state index contributed by atoms with van der Waals surface area (Å²) in [6.07, 6.45) is 1.17. The third kappa shape index (κ3) is 3.22. The summed E-state index contributed by atoms with van der Waals surface area (Å²) in [7, 11) is 0. The topological polar surface area (TPSA) is 24.4 Å². The number of nitrogens with zero attached hydrogens (tertiary/aromatic N) is 1. The molecule has 0 aliphatic carbocycles. The monoisotopic (exact) mass is 228 g/mol. The molecular formula is C12H24N2S. The highest BCUT2D eigenvalue weighted by Gasteiger charge is 2.35. The van der Waals surface area contributed by atoms with Crippen molar-refractivity contribution in [1.82, 2.24) is 5.32 Å². The molecule has 1 aliphatic rings. The maximum absolute atomic E-state index is 4.75. The number of nitrogens with one attached hydrogen (secondary N) is 1. The molecule has 0 fully saturated rings. The molecule has 3 heteroatoms. The molecular weight excluding hydrogens is 204 g/mol. The Balaban J connectivity index is 2.63.